The average molecular weight is 273 g/mol. The Morgan fingerprint density at radius 1 is 1.80 bits per heavy atom. The number of carbonyl (C=O) groups is 1. The maximum Gasteiger partial charge on any atom is 0.244 e. The van der Waals surface area contributed by atoms with Crippen LogP contribution in [0.25, 0.3) is 0 Å². The molecule has 0 radical (unpaired) electrons. The minimum Gasteiger partial charge on any atom is -0.381 e. The van der Waals surface area contributed by atoms with E-state index in [4.69, 9.17) is 5.73 Å². The molecular formula is C9H13BrN4O. The Bertz CT molecular complexity index is 366. The molecule has 1 unspecified atom stereocenters. The maximum atomic E-state index is 11.7. The summed E-state index contributed by atoms with van der Waals surface area (Å²) in [7, 11) is 0. The molecule has 1 aromatic rings. The molecule has 1 aromatic heterocycles. The van der Waals surface area contributed by atoms with Gasteiger partial charge in [-0.3, -0.25) is 9.48 Å². The molecule has 3 N–H and O–H groups in total. The summed E-state index contributed by atoms with van der Waals surface area (Å²) in [6.07, 6.45) is 3.89. The van der Waals surface area contributed by atoms with E-state index in [0.29, 0.717) is 16.3 Å². The van der Waals surface area contributed by atoms with Gasteiger partial charge in [0.25, 0.3) is 0 Å². The highest BCUT2D eigenvalue weighted by atomic mass is 79.9. The first-order chi connectivity index (χ1) is 7.08. The number of amides is 1. The van der Waals surface area contributed by atoms with Crippen molar-refractivity contribution in [2.75, 3.05) is 5.73 Å². The number of halogens is 1. The second-order valence-corrected chi connectivity index (χ2v) is 4.66. The van der Waals surface area contributed by atoms with Gasteiger partial charge in [-0.15, -0.1) is 0 Å². The van der Waals surface area contributed by atoms with Crippen molar-refractivity contribution in [3.05, 3.63) is 10.7 Å². The molecule has 1 amide bonds. The van der Waals surface area contributed by atoms with Gasteiger partial charge in [-0.2, -0.15) is 5.10 Å². The predicted molar refractivity (Wildman–Crippen MR) is 60.2 cm³/mol. The summed E-state index contributed by atoms with van der Waals surface area (Å²) in [4.78, 5) is 11.7. The van der Waals surface area contributed by atoms with Crippen LogP contribution in [-0.2, 0) is 4.79 Å². The van der Waals surface area contributed by atoms with Crippen molar-refractivity contribution in [1.82, 2.24) is 15.1 Å². The molecule has 5 nitrogen and oxygen atoms in total. The standard InChI is InChI=1S/C9H13BrN4O/c1-5(9(15)12-6-2-3-6)14-4-7(10)8(11)13-14/h4-6H,2-3H2,1H3,(H2,11,13)(H,12,15). The predicted octanol–water partition coefficient (Wildman–Crippen LogP) is 1.07. The highest BCUT2D eigenvalue weighted by molar-refractivity contribution is 9.10. The maximum absolute atomic E-state index is 11.7. The second kappa shape index (κ2) is 3.84. The number of rotatable bonds is 3. The lowest BCUT2D eigenvalue weighted by Gasteiger charge is -2.11. The minimum absolute atomic E-state index is 0.00694. The molecule has 1 heterocycles. The van der Waals surface area contributed by atoms with Crippen molar-refractivity contribution in [1.29, 1.82) is 0 Å². The largest absolute Gasteiger partial charge is 0.381 e. The molecule has 1 saturated carbocycles. The molecule has 1 aliphatic rings. The number of hydrogen-bond acceptors (Lipinski definition) is 3. The van der Waals surface area contributed by atoms with Gasteiger partial charge in [0.1, 0.15) is 6.04 Å². The zero-order chi connectivity index (χ0) is 11.0. The van der Waals surface area contributed by atoms with Gasteiger partial charge in [0.05, 0.1) is 4.47 Å². The van der Waals surface area contributed by atoms with Crippen LogP contribution in [0.3, 0.4) is 0 Å². The Hall–Kier alpha value is -1.04. The Labute approximate surface area is 96.1 Å². The van der Waals surface area contributed by atoms with E-state index in [1.54, 1.807) is 17.8 Å². The molecule has 0 aliphatic heterocycles. The van der Waals surface area contributed by atoms with Crippen LogP contribution in [0, 0.1) is 0 Å². The summed E-state index contributed by atoms with van der Waals surface area (Å²) in [5.41, 5.74) is 5.58. The van der Waals surface area contributed by atoms with Crippen molar-refractivity contribution < 1.29 is 4.79 Å². The van der Waals surface area contributed by atoms with Crippen molar-refractivity contribution >= 4 is 27.7 Å². The van der Waals surface area contributed by atoms with E-state index >= 15 is 0 Å². The molecule has 1 atom stereocenters. The minimum atomic E-state index is -0.320. The lowest BCUT2D eigenvalue weighted by Crippen LogP contribution is -2.32. The van der Waals surface area contributed by atoms with Gasteiger partial charge in [-0.05, 0) is 35.7 Å². The van der Waals surface area contributed by atoms with Crippen molar-refractivity contribution in [2.24, 2.45) is 0 Å². The van der Waals surface area contributed by atoms with E-state index in [1.165, 1.54) is 0 Å². The first-order valence-corrected chi connectivity index (χ1v) is 5.67. The zero-order valence-corrected chi connectivity index (χ0v) is 9.99. The van der Waals surface area contributed by atoms with Crippen LogP contribution in [0.4, 0.5) is 5.82 Å². The van der Waals surface area contributed by atoms with Gasteiger partial charge >= 0.3 is 0 Å². The van der Waals surface area contributed by atoms with E-state index in [2.05, 4.69) is 26.3 Å². The van der Waals surface area contributed by atoms with Gasteiger partial charge in [0, 0.05) is 12.2 Å². The fourth-order valence-electron chi connectivity index (χ4n) is 1.25. The van der Waals surface area contributed by atoms with E-state index in [1.807, 2.05) is 0 Å². The number of nitrogen functional groups attached to an aromatic ring is 1. The van der Waals surface area contributed by atoms with Crippen LogP contribution in [-0.4, -0.2) is 21.7 Å². The lowest BCUT2D eigenvalue weighted by molar-refractivity contribution is -0.124. The van der Waals surface area contributed by atoms with Crippen LogP contribution >= 0.6 is 15.9 Å². The molecule has 82 valence electrons. The average Bonchev–Trinajstić information content (AvgIpc) is 2.93. The van der Waals surface area contributed by atoms with Crippen LogP contribution < -0.4 is 11.1 Å². The summed E-state index contributed by atoms with van der Waals surface area (Å²) < 4.78 is 2.28. The van der Waals surface area contributed by atoms with Crippen LogP contribution in [0.1, 0.15) is 25.8 Å². The highest BCUT2D eigenvalue weighted by Crippen LogP contribution is 2.22. The van der Waals surface area contributed by atoms with Gasteiger partial charge < -0.3 is 11.1 Å². The Balaban J connectivity index is 2.05. The molecule has 2 rings (SSSR count). The van der Waals surface area contributed by atoms with Crippen molar-refractivity contribution in [3.63, 3.8) is 0 Å². The molecule has 0 saturated heterocycles. The number of nitrogens with two attached hydrogens (primary N) is 1. The van der Waals surface area contributed by atoms with E-state index in [-0.39, 0.29) is 11.9 Å². The number of anilines is 1. The van der Waals surface area contributed by atoms with Gasteiger partial charge in [0.15, 0.2) is 5.82 Å². The fraction of sp³-hybridized carbons (Fsp3) is 0.556. The monoisotopic (exact) mass is 272 g/mol. The smallest absolute Gasteiger partial charge is 0.244 e. The van der Waals surface area contributed by atoms with Crippen LogP contribution in [0.15, 0.2) is 10.7 Å². The van der Waals surface area contributed by atoms with Gasteiger partial charge in [-0.1, -0.05) is 0 Å². The number of aromatic nitrogens is 2. The fourth-order valence-corrected chi connectivity index (χ4v) is 1.54. The zero-order valence-electron chi connectivity index (χ0n) is 8.40. The molecular weight excluding hydrogens is 260 g/mol. The first kappa shape index (κ1) is 10.5. The number of nitrogens with zero attached hydrogens (tertiary/aromatic N) is 2. The molecule has 6 heteroatoms. The Morgan fingerprint density at radius 3 is 2.93 bits per heavy atom. The van der Waals surface area contributed by atoms with E-state index in [9.17, 15) is 4.79 Å². The molecule has 1 aliphatic carbocycles. The molecule has 0 bridgehead atoms. The van der Waals surface area contributed by atoms with Crippen LogP contribution in [0.5, 0.6) is 0 Å². The Kier molecular flexibility index (Phi) is 2.68. The molecule has 0 aromatic carbocycles. The van der Waals surface area contributed by atoms with Gasteiger partial charge in [-0.25, -0.2) is 0 Å². The lowest BCUT2D eigenvalue weighted by atomic mass is 10.3. The third kappa shape index (κ3) is 2.31. The van der Waals surface area contributed by atoms with Crippen LogP contribution in [0.2, 0.25) is 0 Å². The topological polar surface area (TPSA) is 72.9 Å². The summed E-state index contributed by atoms with van der Waals surface area (Å²) in [5, 5.41) is 6.97. The second-order valence-electron chi connectivity index (χ2n) is 3.80. The van der Waals surface area contributed by atoms with E-state index < -0.39 is 0 Å². The normalized spacial score (nSPS) is 17.5. The first-order valence-electron chi connectivity index (χ1n) is 4.88. The summed E-state index contributed by atoms with van der Waals surface area (Å²) in [6, 6.07) is 0.0514. The number of hydrogen-bond donors (Lipinski definition) is 2. The SMILES string of the molecule is CC(C(=O)NC1CC1)n1cc(Br)c(N)n1. The van der Waals surface area contributed by atoms with Crippen molar-refractivity contribution in [2.45, 2.75) is 31.8 Å². The molecule has 15 heavy (non-hydrogen) atoms. The summed E-state index contributed by atoms with van der Waals surface area (Å²) in [6.45, 7) is 1.80. The summed E-state index contributed by atoms with van der Waals surface area (Å²) in [5.74, 6) is 0.397. The number of nitrogens with one attached hydrogen (secondary N) is 1. The quantitative estimate of drug-likeness (QED) is 0.865. The molecule has 0 spiro atoms. The van der Waals surface area contributed by atoms with E-state index in [0.717, 1.165) is 12.8 Å². The van der Waals surface area contributed by atoms with Crippen molar-refractivity contribution in [3.8, 4) is 0 Å². The molecule has 1 fully saturated rings. The number of carbonyl (C=O) groups excluding carboxylic acids is 1. The third-order valence-electron chi connectivity index (χ3n) is 2.41. The third-order valence-corrected chi connectivity index (χ3v) is 3.02. The highest BCUT2D eigenvalue weighted by Gasteiger charge is 2.26. The van der Waals surface area contributed by atoms with Gasteiger partial charge in [0.2, 0.25) is 5.91 Å². The summed E-state index contributed by atoms with van der Waals surface area (Å²) >= 11 is 3.26. The Morgan fingerprint density at radius 2 is 2.47 bits per heavy atom.